The van der Waals surface area contributed by atoms with Crippen molar-refractivity contribution >= 4 is 28.7 Å². The van der Waals surface area contributed by atoms with Crippen LogP contribution in [0.5, 0.6) is 0 Å². The van der Waals surface area contributed by atoms with Crippen LogP contribution in [0.3, 0.4) is 0 Å². The van der Waals surface area contributed by atoms with E-state index in [9.17, 15) is 4.79 Å². The Morgan fingerprint density at radius 1 is 1.77 bits per heavy atom. The topological polar surface area (TPSA) is 62.5 Å². The van der Waals surface area contributed by atoms with Gasteiger partial charge in [0.1, 0.15) is 5.76 Å². The fraction of sp³-hybridized carbons (Fsp3) is 0.375. The van der Waals surface area contributed by atoms with Crippen LogP contribution >= 0.6 is 22.6 Å². The van der Waals surface area contributed by atoms with Gasteiger partial charge in [-0.1, -0.05) is 22.6 Å². The third-order valence-corrected chi connectivity index (χ3v) is 1.30. The van der Waals surface area contributed by atoms with Crippen molar-refractivity contribution in [3.8, 4) is 0 Å². The first-order chi connectivity index (χ1) is 6.02. The average Bonchev–Trinajstić information content (AvgIpc) is 2.37. The Kier molecular flexibility index (Phi) is 6.38. The summed E-state index contributed by atoms with van der Waals surface area (Å²) in [5.74, 6) is 0.968. The second-order valence-electron chi connectivity index (χ2n) is 2.29. The van der Waals surface area contributed by atoms with Gasteiger partial charge in [-0.05, 0) is 26.0 Å². The summed E-state index contributed by atoms with van der Waals surface area (Å²) in [4.78, 5) is 9.69. The lowest BCUT2D eigenvalue weighted by atomic mass is 10.5. The maximum absolute atomic E-state index is 9.69. The second kappa shape index (κ2) is 6.76. The van der Waals surface area contributed by atoms with Gasteiger partial charge in [-0.3, -0.25) is 0 Å². The van der Waals surface area contributed by atoms with Crippen LogP contribution in [0.2, 0.25) is 0 Å². The van der Waals surface area contributed by atoms with Gasteiger partial charge in [-0.2, -0.15) is 0 Å². The number of halogens is 1. The number of furan rings is 1. The Morgan fingerprint density at radius 2 is 2.38 bits per heavy atom. The summed E-state index contributed by atoms with van der Waals surface area (Å²) in [6.07, 6.45) is 0.692. The number of aryl methyl sites for hydroxylation is 1. The van der Waals surface area contributed by atoms with E-state index >= 15 is 0 Å². The van der Waals surface area contributed by atoms with Crippen LogP contribution in [-0.2, 0) is 0 Å². The van der Waals surface area contributed by atoms with Gasteiger partial charge in [0, 0.05) is 0 Å². The molecule has 1 aromatic heterocycles. The van der Waals surface area contributed by atoms with Crippen molar-refractivity contribution in [3.05, 3.63) is 24.2 Å². The summed E-state index contributed by atoms with van der Waals surface area (Å²) in [5, 5.41) is 10.2. The first kappa shape index (κ1) is 12.3. The largest absolute Gasteiger partial charge is 0.470 e. The summed E-state index contributed by atoms with van der Waals surface area (Å²) < 4.78 is 4.83. The number of hydrogen-bond acceptors (Lipinski definition) is 2. The Hall–Kier alpha value is -0.720. The van der Waals surface area contributed by atoms with Crippen LogP contribution in [0.4, 0.5) is 4.79 Å². The van der Waals surface area contributed by atoms with Crippen LogP contribution in [-0.4, -0.2) is 15.2 Å². The molecule has 2 N–H and O–H groups in total. The lowest BCUT2D eigenvalue weighted by Gasteiger charge is -1.98. The van der Waals surface area contributed by atoms with E-state index in [1.807, 2.05) is 41.6 Å². The van der Waals surface area contributed by atoms with Crippen molar-refractivity contribution in [2.45, 2.75) is 17.9 Å². The van der Waals surface area contributed by atoms with Crippen LogP contribution in [0.15, 0.2) is 22.8 Å². The molecule has 0 fully saturated rings. The van der Waals surface area contributed by atoms with Crippen LogP contribution in [0, 0.1) is 6.92 Å². The standard InChI is InChI=1S/C5H6O.C3H6INO2/c1-5-3-2-4-6-5;1-2(4)5-3(6)7/h2-4H,1H3;2,5H,1H3,(H,6,7). The van der Waals surface area contributed by atoms with Crippen LogP contribution < -0.4 is 5.32 Å². The molecule has 1 atom stereocenters. The predicted octanol–water partition coefficient (Wildman–Crippen LogP) is 2.62. The maximum atomic E-state index is 9.69. The number of alkyl halides is 1. The van der Waals surface area contributed by atoms with E-state index in [2.05, 4.69) is 5.32 Å². The van der Waals surface area contributed by atoms with Crippen molar-refractivity contribution < 1.29 is 14.3 Å². The highest BCUT2D eigenvalue weighted by Gasteiger charge is 1.95. The molecule has 0 spiro atoms. The van der Waals surface area contributed by atoms with Gasteiger partial charge in [-0.15, -0.1) is 0 Å². The number of nitrogens with one attached hydrogen (secondary N) is 1. The van der Waals surface area contributed by atoms with Crippen molar-refractivity contribution in [1.29, 1.82) is 0 Å². The number of rotatable bonds is 1. The summed E-state index contributed by atoms with van der Waals surface area (Å²) in [6.45, 7) is 3.68. The van der Waals surface area contributed by atoms with Crippen molar-refractivity contribution in [1.82, 2.24) is 5.32 Å². The zero-order valence-electron chi connectivity index (χ0n) is 7.45. The average molecular weight is 297 g/mol. The molecule has 1 unspecified atom stereocenters. The minimum absolute atomic E-state index is 0.00454. The fourth-order valence-corrected chi connectivity index (χ4v) is 0.797. The molecule has 1 amide bonds. The summed E-state index contributed by atoms with van der Waals surface area (Å²) >= 11 is 1.97. The van der Waals surface area contributed by atoms with Gasteiger partial charge in [0.25, 0.3) is 0 Å². The summed E-state index contributed by atoms with van der Waals surface area (Å²) in [6, 6.07) is 3.79. The molecule has 0 aliphatic rings. The SMILES string of the molecule is CC(I)NC(=O)O.Cc1ccco1. The molecule has 1 aromatic rings. The van der Waals surface area contributed by atoms with Crippen molar-refractivity contribution in [3.63, 3.8) is 0 Å². The zero-order valence-corrected chi connectivity index (χ0v) is 9.61. The third-order valence-electron chi connectivity index (χ3n) is 0.986. The van der Waals surface area contributed by atoms with Gasteiger partial charge in [-0.25, -0.2) is 4.79 Å². The van der Waals surface area contributed by atoms with Crippen molar-refractivity contribution in [2.75, 3.05) is 0 Å². The third kappa shape index (κ3) is 9.19. The van der Waals surface area contributed by atoms with Crippen LogP contribution in [0.25, 0.3) is 0 Å². The minimum Gasteiger partial charge on any atom is -0.470 e. The van der Waals surface area contributed by atoms with Gasteiger partial charge in [0.15, 0.2) is 0 Å². The highest BCUT2D eigenvalue weighted by atomic mass is 127. The zero-order chi connectivity index (χ0) is 10.3. The number of carbonyl (C=O) groups is 1. The smallest absolute Gasteiger partial charge is 0.405 e. The summed E-state index contributed by atoms with van der Waals surface area (Å²) in [5.41, 5.74) is 0. The van der Waals surface area contributed by atoms with E-state index in [1.54, 1.807) is 13.2 Å². The lowest BCUT2D eigenvalue weighted by Crippen LogP contribution is -2.25. The molecule has 0 aliphatic heterocycles. The maximum Gasteiger partial charge on any atom is 0.405 e. The molecular weight excluding hydrogens is 285 g/mol. The molecule has 1 heterocycles. The molecule has 0 aromatic carbocycles. The second-order valence-corrected chi connectivity index (χ2v) is 4.16. The van der Waals surface area contributed by atoms with Crippen LogP contribution in [0.1, 0.15) is 12.7 Å². The van der Waals surface area contributed by atoms with E-state index in [0.717, 1.165) is 5.76 Å². The van der Waals surface area contributed by atoms with Gasteiger partial charge < -0.3 is 14.8 Å². The Balaban J connectivity index is 0.000000223. The molecule has 4 nitrogen and oxygen atoms in total. The summed E-state index contributed by atoms with van der Waals surface area (Å²) in [7, 11) is 0. The van der Waals surface area contributed by atoms with E-state index < -0.39 is 6.09 Å². The highest BCUT2D eigenvalue weighted by molar-refractivity contribution is 14.1. The van der Waals surface area contributed by atoms with Crippen molar-refractivity contribution in [2.24, 2.45) is 0 Å². The Bertz CT molecular complexity index is 234. The highest BCUT2D eigenvalue weighted by Crippen LogP contribution is 1.93. The molecule has 0 aliphatic carbocycles. The predicted molar refractivity (Wildman–Crippen MR) is 58.1 cm³/mol. The molecule has 0 saturated heterocycles. The monoisotopic (exact) mass is 297 g/mol. The molecule has 74 valence electrons. The van der Waals surface area contributed by atoms with E-state index in [-0.39, 0.29) is 4.05 Å². The fourth-order valence-electron chi connectivity index (χ4n) is 0.531. The quantitative estimate of drug-likeness (QED) is 0.476. The first-order valence-corrected chi connectivity index (χ1v) is 4.90. The van der Waals surface area contributed by atoms with E-state index in [1.165, 1.54) is 0 Å². The normalized spacial score (nSPS) is 11.0. The van der Waals surface area contributed by atoms with Gasteiger partial charge in [0.2, 0.25) is 0 Å². The molecule has 0 saturated carbocycles. The van der Waals surface area contributed by atoms with E-state index in [4.69, 9.17) is 9.52 Å². The lowest BCUT2D eigenvalue weighted by molar-refractivity contribution is 0.194. The molecule has 5 heteroatoms. The molecular formula is C8H12INO3. The minimum atomic E-state index is -0.970. The van der Waals surface area contributed by atoms with E-state index in [0.29, 0.717) is 0 Å². The number of carboxylic acid groups (broad SMARTS) is 1. The van der Waals surface area contributed by atoms with Gasteiger partial charge >= 0.3 is 6.09 Å². The molecule has 0 radical (unpaired) electrons. The Morgan fingerprint density at radius 3 is 2.46 bits per heavy atom. The molecule has 0 bridgehead atoms. The Labute approximate surface area is 90.5 Å². The molecule has 1 rings (SSSR count). The number of hydrogen-bond donors (Lipinski definition) is 2. The van der Waals surface area contributed by atoms with Gasteiger partial charge in [0.05, 0.1) is 10.3 Å². The first-order valence-electron chi connectivity index (χ1n) is 3.66. The molecule has 13 heavy (non-hydrogen) atoms. The number of amides is 1.